The first kappa shape index (κ1) is 15.3. The van der Waals surface area contributed by atoms with E-state index in [2.05, 4.69) is 36.5 Å². The smallest absolute Gasteiger partial charge is 0.162 e. The molecule has 4 saturated carbocycles. The highest BCUT2D eigenvalue weighted by atomic mass is 16.1. The van der Waals surface area contributed by atoms with Crippen molar-refractivity contribution in [1.29, 1.82) is 0 Å². The summed E-state index contributed by atoms with van der Waals surface area (Å²) in [5, 5.41) is 0. The summed E-state index contributed by atoms with van der Waals surface area (Å²) in [5.41, 5.74) is 4.43. The van der Waals surface area contributed by atoms with Crippen molar-refractivity contribution in [3.8, 4) is 0 Å². The van der Waals surface area contributed by atoms with Crippen molar-refractivity contribution >= 4 is 11.6 Å². The molecule has 5 aliphatic carbocycles. The lowest BCUT2D eigenvalue weighted by atomic mass is 9.91. The van der Waals surface area contributed by atoms with Gasteiger partial charge < -0.3 is 0 Å². The van der Waals surface area contributed by atoms with Crippen LogP contribution in [0.25, 0.3) is 0 Å². The Balaban J connectivity index is 1.40. The molecule has 4 bridgehead atoms. The van der Waals surface area contributed by atoms with Gasteiger partial charge in [0, 0.05) is 11.8 Å². The van der Waals surface area contributed by atoms with Gasteiger partial charge in [0.2, 0.25) is 0 Å². The first-order chi connectivity index (χ1) is 12.2. The number of carbonyl (C=O) groups excluding carboxylic acids is 2. The predicted octanol–water partition coefficient (Wildman–Crippen LogP) is 4.65. The van der Waals surface area contributed by atoms with Crippen molar-refractivity contribution in [1.82, 2.24) is 0 Å². The lowest BCUT2D eigenvalue weighted by Crippen LogP contribution is -2.12. The van der Waals surface area contributed by atoms with E-state index in [9.17, 15) is 9.59 Å². The minimum Gasteiger partial charge on any atom is -0.294 e. The van der Waals surface area contributed by atoms with Gasteiger partial charge in [0.1, 0.15) is 0 Å². The van der Waals surface area contributed by atoms with Gasteiger partial charge in [-0.25, -0.2) is 0 Å². The Morgan fingerprint density at radius 2 is 1.36 bits per heavy atom. The molecule has 0 heterocycles. The molecule has 0 spiro atoms. The molecule has 0 amide bonds. The number of hydrogen-bond donors (Lipinski definition) is 0. The minimum absolute atomic E-state index is 0.297. The minimum atomic E-state index is 0.297. The second kappa shape index (κ2) is 5.79. The van der Waals surface area contributed by atoms with Crippen molar-refractivity contribution in [2.45, 2.75) is 44.9 Å². The maximum absolute atomic E-state index is 12.4. The molecule has 0 saturated heterocycles. The van der Waals surface area contributed by atoms with Crippen LogP contribution in [-0.2, 0) is 9.59 Å². The zero-order chi connectivity index (χ0) is 17.0. The van der Waals surface area contributed by atoms with Gasteiger partial charge in [-0.1, -0.05) is 30.4 Å². The number of carbonyl (C=O) groups is 2. The second-order valence-electron chi connectivity index (χ2n) is 8.36. The number of ketones is 2. The molecule has 0 aliphatic heterocycles. The Morgan fingerprint density at radius 3 is 1.96 bits per heavy atom. The van der Waals surface area contributed by atoms with Crippen LogP contribution in [0.4, 0.5) is 0 Å². The van der Waals surface area contributed by atoms with E-state index in [-0.39, 0.29) is 0 Å². The molecule has 4 atom stereocenters. The third kappa shape index (κ3) is 2.54. The molecule has 5 aliphatic rings. The van der Waals surface area contributed by atoms with Gasteiger partial charge in [-0.05, 0) is 85.2 Å². The fourth-order valence-electron chi connectivity index (χ4n) is 5.50. The number of rotatable bonds is 2. The fourth-order valence-corrected chi connectivity index (χ4v) is 5.50. The van der Waals surface area contributed by atoms with Crippen LogP contribution in [0.5, 0.6) is 0 Å². The zero-order valence-electron chi connectivity index (χ0n) is 14.5. The van der Waals surface area contributed by atoms with E-state index in [0.29, 0.717) is 35.2 Å². The molecule has 0 aromatic carbocycles. The number of allylic oxidation sites excluding steroid dienone is 10. The summed E-state index contributed by atoms with van der Waals surface area (Å²) in [7, 11) is 0. The van der Waals surface area contributed by atoms with Gasteiger partial charge in [-0.3, -0.25) is 9.59 Å². The average Bonchev–Trinajstić information content (AvgIpc) is 3.34. The molecule has 0 N–H and O–H groups in total. The largest absolute Gasteiger partial charge is 0.294 e. The Labute approximate surface area is 149 Å². The SMILES string of the molecule is O=C1/C(=C/C2=CC=C(/C=C3/C(=O)C4CCC3C4)CC=C2)C2CCC1C2. The molecule has 4 fully saturated rings. The van der Waals surface area contributed by atoms with E-state index in [0.717, 1.165) is 48.8 Å². The normalized spacial score (nSPS) is 39.5. The monoisotopic (exact) mass is 332 g/mol. The summed E-state index contributed by atoms with van der Waals surface area (Å²) < 4.78 is 0. The van der Waals surface area contributed by atoms with Gasteiger partial charge >= 0.3 is 0 Å². The first-order valence-corrected chi connectivity index (χ1v) is 9.78. The summed E-state index contributed by atoms with van der Waals surface area (Å²) >= 11 is 0. The van der Waals surface area contributed by atoms with E-state index < -0.39 is 0 Å². The lowest BCUT2D eigenvalue weighted by molar-refractivity contribution is -0.119. The lowest BCUT2D eigenvalue weighted by Gasteiger charge is -2.12. The Morgan fingerprint density at radius 1 is 0.760 bits per heavy atom. The summed E-state index contributed by atoms with van der Waals surface area (Å²) in [6.07, 6.45) is 20.3. The van der Waals surface area contributed by atoms with E-state index in [4.69, 9.17) is 0 Å². The first-order valence-electron chi connectivity index (χ1n) is 9.78. The molecule has 0 aromatic rings. The summed E-state index contributed by atoms with van der Waals surface area (Å²) in [6, 6.07) is 0. The molecule has 2 heteroatoms. The molecule has 128 valence electrons. The van der Waals surface area contributed by atoms with E-state index in [1.54, 1.807) is 0 Å². The molecular weight excluding hydrogens is 308 g/mol. The number of hydrogen-bond acceptors (Lipinski definition) is 2. The highest BCUT2D eigenvalue weighted by Gasteiger charge is 2.43. The molecule has 5 rings (SSSR count). The van der Waals surface area contributed by atoms with Gasteiger partial charge in [0.15, 0.2) is 11.6 Å². The van der Waals surface area contributed by atoms with E-state index >= 15 is 0 Å². The van der Waals surface area contributed by atoms with E-state index in [1.807, 2.05) is 0 Å². The third-order valence-electron chi connectivity index (χ3n) is 6.87. The Bertz CT molecular complexity index is 802. The third-order valence-corrected chi connectivity index (χ3v) is 6.87. The summed E-state index contributed by atoms with van der Waals surface area (Å²) in [6.45, 7) is 0. The molecule has 0 radical (unpaired) electrons. The van der Waals surface area contributed by atoms with Crippen molar-refractivity contribution < 1.29 is 9.59 Å². The molecule has 4 unspecified atom stereocenters. The van der Waals surface area contributed by atoms with Crippen LogP contribution in [0.2, 0.25) is 0 Å². The van der Waals surface area contributed by atoms with Crippen molar-refractivity contribution in [3.63, 3.8) is 0 Å². The van der Waals surface area contributed by atoms with Gasteiger partial charge in [-0.15, -0.1) is 0 Å². The van der Waals surface area contributed by atoms with Gasteiger partial charge in [0.25, 0.3) is 0 Å². The van der Waals surface area contributed by atoms with Gasteiger partial charge in [0.05, 0.1) is 0 Å². The maximum atomic E-state index is 12.4. The average molecular weight is 332 g/mol. The predicted molar refractivity (Wildman–Crippen MR) is 97.8 cm³/mol. The van der Waals surface area contributed by atoms with Crippen LogP contribution in [-0.4, -0.2) is 11.6 Å². The van der Waals surface area contributed by atoms with Crippen molar-refractivity contribution in [3.05, 3.63) is 58.7 Å². The van der Waals surface area contributed by atoms with Crippen LogP contribution < -0.4 is 0 Å². The summed E-state index contributed by atoms with van der Waals surface area (Å²) in [4.78, 5) is 24.7. The second-order valence-corrected chi connectivity index (χ2v) is 8.36. The van der Waals surface area contributed by atoms with Gasteiger partial charge in [-0.2, -0.15) is 0 Å². The highest BCUT2D eigenvalue weighted by molar-refractivity contribution is 6.02. The van der Waals surface area contributed by atoms with Crippen LogP contribution in [0.15, 0.2) is 58.7 Å². The Hall–Kier alpha value is -1.96. The number of fused-ring (bicyclic) bond motifs is 4. The standard InChI is InChI=1S/C23H24O2/c24-22-18-8-6-16(12-18)20(22)10-14-2-1-3-15(5-4-14)11-21-17-7-9-19(13-17)23(21)25/h1-2,4-5,10-11,16-19H,3,6-9,12-13H2/b20-10+,21-11+. The fraction of sp³-hybridized carbons (Fsp3) is 0.478. The molecular formula is C23H24O2. The van der Waals surface area contributed by atoms with Crippen molar-refractivity contribution in [2.24, 2.45) is 23.7 Å². The van der Waals surface area contributed by atoms with Crippen LogP contribution in [0, 0.1) is 23.7 Å². The van der Waals surface area contributed by atoms with E-state index in [1.165, 1.54) is 18.4 Å². The number of Topliss-reactive ketones (excluding diaryl/α,β-unsaturated/α-hetero) is 2. The molecule has 0 aromatic heterocycles. The Kier molecular flexibility index (Phi) is 3.55. The zero-order valence-corrected chi connectivity index (χ0v) is 14.5. The van der Waals surface area contributed by atoms with Crippen LogP contribution in [0.1, 0.15) is 44.9 Å². The molecule has 25 heavy (non-hydrogen) atoms. The van der Waals surface area contributed by atoms with Crippen LogP contribution >= 0.6 is 0 Å². The summed E-state index contributed by atoms with van der Waals surface area (Å²) in [5.74, 6) is 2.37. The quantitative estimate of drug-likeness (QED) is 0.690. The van der Waals surface area contributed by atoms with Crippen molar-refractivity contribution in [2.75, 3.05) is 0 Å². The molecule has 2 nitrogen and oxygen atoms in total. The topological polar surface area (TPSA) is 34.1 Å². The van der Waals surface area contributed by atoms with Crippen LogP contribution in [0.3, 0.4) is 0 Å². The maximum Gasteiger partial charge on any atom is 0.162 e. The highest BCUT2D eigenvalue weighted by Crippen LogP contribution is 2.47.